The van der Waals surface area contributed by atoms with Crippen molar-refractivity contribution in [1.82, 2.24) is 4.72 Å². The third-order valence-corrected chi connectivity index (χ3v) is 4.06. The molecule has 0 spiro atoms. The van der Waals surface area contributed by atoms with Crippen molar-refractivity contribution < 1.29 is 26.7 Å². The van der Waals surface area contributed by atoms with Gasteiger partial charge in [-0.2, -0.15) is 0 Å². The molecule has 8 heteroatoms. The van der Waals surface area contributed by atoms with Gasteiger partial charge in [0.25, 0.3) is 0 Å². The maximum absolute atomic E-state index is 13.9. The minimum atomic E-state index is -4.16. The van der Waals surface area contributed by atoms with Crippen molar-refractivity contribution in [2.24, 2.45) is 0 Å². The van der Waals surface area contributed by atoms with Gasteiger partial charge >= 0.3 is 0 Å². The number of rotatable bonds is 5. The minimum Gasteiger partial charge on any atom is -0.472 e. The Morgan fingerprint density at radius 3 is 2.60 bits per heavy atom. The van der Waals surface area contributed by atoms with Gasteiger partial charge in [0.2, 0.25) is 10.0 Å². The smallest absolute Gasteiger partial charge is 0.243 e. The first kappa shape index (κ1) is 14.6. The Balaban J connectivity index is 2.30. The van der Waals surface area contributed by atoms with Gasteiger partial charge < -0.3 is 9.52 Å². The van der Waals surface area contributed by atoms with Crippen molar-refractivity contribution in [1.29, 1.82) is 0 Å². The standard InChI is InChI=1S/C12H11F2NO4S/c13-10-1-2-11(12(14)9(10)6-16)20(17,18)15-5-8-3-4-19-7-8/h1-4,7,15-16H,5-6H2. The average Bonchev–Trinajstić information content (AvgIpc) is 2.90. The molecule has 0 aliphatic heterocycles. The lowest BCUT2D eigenvalue weighted by Gasteiger charge is -2.09. The summed E-state index contributed by atoms with van der Waals surface area (Å²) in [5, 5.41) is 8.86. The van der Waals surface area contributed by atoms with E-state index in [0.29, 0.717) is 5.56 Å². The van der Waals surface area contributed by atoms with Crippen LogP contribution in [0.3, 0.4) is 0 Å². The van der Waals surface area contributed by atoms with Crippen LogP contribution in [-0.2, 0) is 23.2 Å². The van der Waals surface area contributed by atoms with Crippen LogP contribution in [0.1, 0.15) is 11.1 Å². The highest BCUT2D eigenvalue weighted by molar-refractivity contribution is 7.89. The van der Waals surface area contributed by atoms with Gasteiger partial charge in [-0.1, -0.05) is 0 Å². The van der Waals surface area contributed by atoms with Crippen molar-refractivity contribution in [2.75, 3.05) is 0 Å². The van der Waals surface area contributed by atoms with E-state index in [9.17, 15) is 17.2 Å². The molecule has 0 amide bonds. The summed E-state index contributed by atoms with van der Waals surface area (Å²) >= 11 is 0. The lowest BCUT2D eigenvalue weighted by atomic mass is 10.2. The predicted molar refractivity (Wildman–Crippen MR) is 65.0 cm³/mol. The first-order valence-electron chi connectivity index (χ1n) is 5.54. The van der Waals surface area contributed by atoms with Crippen molar-refractivity contribution >= 4 is 10.0 Å². The fraction of sp³-hybridized carbons (Fsp3) is 0.167. The number of aliphatic hydroxyl groups is 1. The molecule has 0 saturated heterocycles. The summed E-state index contributed by atoms with van der Waals surface area (Å²) < 4.78 is 57.9. The molecule has 0 aliphatic rings. The lowest BCUT2D eigenvalue weighted by molar-refractivity contribution is 0.267. The number of furan rings is 1. The summed E-state index contributed by atoms with van der Waals surface area (Å²) in [4.78, 5) is -0.716. The molecule has 5 nitrogen and oxygen atoms in total. The topological polar surface area (TPSA) is 79.5 Å². The zero-order valence-corrected chi connectivity index (χ0v) is 11.0. The lowest BCUT2D eigenvalue weighted by Crippen LogP contribution is -2.24. The van der Waals surface area contributed by atoms with Crippen LogP contribution in [0.5, 0.6) is 0 Å². The molecule has 1 aromatic carbocycles. The Labute approximate surface area is 113 Å². The number of aliphatic hydroxyl groups excluding tert-OH is 1. The van der Waals surface area contributed by atoms with E-state index in [1.54, 1.807) is 6.07 Å². The summed E-state index contributed by atoms with van der Waals surface area (Å²) in [5.74, 6) is -2.30. The molecule has 20 heavy (non-hydrogen) atoms. The summed E-state index contributed by atoms with van der Waals surface area (Å²) in [6.07, 6.45) is 2.70. The Morgan fingerprint density at radius 2 is 2.00 bits per heavy atom. The summed E-state index contributed by atoms with van der Waals surface area (Å²) in [6.45, 7) is -1.02. The number of hydrogen-bond donors (Lipinski definition) is 2. The van der Waals surface area contributed by atoms with Gasteiger partial charge in [0, 0.05) is 12.1 Å². The van der Waals surface area contributed by atoms with Crippen LogP contribution in [0.2, 0.25) is 0 Å². The van der Waals surface area contributed by atoms with E-state index in [-0.39, 0.29) is 6.54 Å². The molecule has 1 heterocycles. The second kappa shape index (κ2) is 5.70. The van der Waals surface area contributed by atoms with Crippen molar-refractivity contribution in [2.45, 2.75) is 18.0 Å². The van der Waals surface area contributed by atoms with Crippen LogP contribution >= 0.6 is 0 Å². The molecule has 0 unspecified atom stereocenters. The second-order valence-corrected chi connectivity index (χ2v) is 5.69. The number of nitrogens with one attached hydrogen (secondary N) is 1. The average molecular weight is 303 g/mol. The van der Waals surface area contributed by atoms with E-state index >= 15 is 0 Å². The molecule has 0 fully saturated rings. The molecule has 0 atom stereocenters. The molecule has 1 aromatic heterocycles. The zero-order chi connectivity index (χ0) is 14.8. The van der Waals surface area contributed by atoms with Crippen molar-refractivity contribution in [3.8, 4) is 0 Å². The summed E-state index contributed by atoms with van der Waals surface area (Å²) in [7, 11) is -4.16. The molecule has 0 radical (unpaired) electrons. The highest BCUT2D eigenvalue weighted by atomic mass is 32.2. The maximum atomic E-state index is 13.9. The van der Waals surface area contributed by atoms with Crippen LogP contribution in [0.4, 0.5) is 8.78 Å². The highest BCUT2D eigenvalue weighted by Crippen LogP contribution is 2.21. The second-order valence-electron chi connectivity index (χ2n) is 3.95. The molecular formula is C12H11F2NO4S. The largest absolute Gasteiger partial charge is 0.472 e. The monoisotopic (exact) mass is 303 g/mol. The van der Waals surface area contributed by atoms with Crippen LogP contribution in [0.15, 0.2) is 40.0 Å². The number of benzene rings is 1. The van der Waals surface area contributed by atoms with Crippen LogP contribution in [0, 0.1) is 11.6 Å². The van der Waals surface area contributed by atoms with Crippen molar-refractivity contribution in [3.05, 3.63) is 53.5 Å². The number of hydrogen-bond acceptors (Lipinski definition) is 4. The van der Waals surface area contributed by atoms with Gasteiger partial charge in [-0.15, -0.1) is 0 Å². The van der Waals surface area contributed by atoms with Gasteiger partial charge in [0.05, 0.1) is 24.7 Å². The highest BCUT2D eigenvalue weighted by Gasteiger charge is 2.23. The van der Waals surface area contributed by atoms with E-state index in [1.807, 2.05) is 0 Å². The SMILES string of the molecule is O=S(=O)(NCc1ccoc1)c1ccc(F)c(CO)c1F. The summed E-state index contributed by atoms with van der Waals surface area (Å²) in [5.41, 5.74) is -0.130. The first-order chi connectivity index (χ1) is 9.45. The van der Waals surface area contributed by atoms with Crippen LogP contribution in [0.25, 0.3) is 0 Å². The maximum Gasteiger partial charge on any atom is 0.243 e. The Bertz CT molecular complexity index is 698. The fourth-order valence-corrected chi connectivity index (χ4v) is 2.70. The molecule has 0 bridgehead atoms. The van der Waals surface area contributed by atoms with E-state index in [4.69, 9.17) is 9.52 Å². The number of sulfonamides is 1. The van der Waals surface area contributed by atoms with Crippen LogP contribution < -0.4 is 4.72 Å². The Morgan fingerprint density at radius 1 is 1.25 bits per heavy atom. The third-order valence-electron chi connectivity index (χ3n) is 2.64. The van der Waals surface area contributed by atoms with E-state index < -0.39 is 38.7 Å². The Hall–Kier alpha value is -1.77. The van der Waals surface area contributed by atoms with E-state index in [2.05, 4.69) is 4.72 Å². The van der Waals surface area contributed by atoms with E-state index in [0.717, 1.165) is 12.1 Å². The third kappa shape index (κ3) is 2.87. The minimum absolute atomic E-state index is 0.0931. The first-order valence-corrected chi connectivity index (χ1v) is 7.02. The van der Waals surface area contributed by atoms with E-state index in [1.165, 1.54) is 12.5 Å². The normalized spacial score (nSPS) is 11.8. The van der Waals surface area contributed by atoms with Gasteiger partial charge in [-0.3, -0.25) is 0 Å². The van der Waals surface area contributed by atoms with Gasteiger partial charge in [0.1, 0.15) is 10.7 Å². The molecule has 2 N–H and O–H groups in total. The fourth-order valence-electron chi connectivity index (χ4n) is 1.58. The summed E-state index contributed by atoms with van der Waals surface area (Å²) in [6, 6.07) is 3.14. The molecule has 0 saturated carbocycles. The van der Waals surface area contributed by atoms with Gasteiger partial charge in [-0.25, -0.2) is 21.9 Å². The molecule has 2 rings (SSSR count). The zero-order valence-electron chi connectivity index (χ0n) is 10.1. The number of halogens is 2. The van der Waals surface area contributed by atoms with Crippen LogP contribution in [-0.4, -0.2) is 13.5 Å². The van der Waals surface area contributed by atoms with Crippen molar-refractivity contribution in [3.63, 3.8) is 0 Å². The Kier molecular flexibility index (Phi) is 4.17. The molecular weight excluding hydrogens is 292 g/mol. The molecule has 0 aliphatic carbocycles. The quantitative estimate of drug-likeness (QED) is 0.878. The molecule has 2 aromatic rings. The van der Waals surface area contributed by atoms with Gasteiger partial charge in [0.15, 0.2) is 5.82 Å². The molecule has 108 valence electrons. The predicted octanol–water partition coefficient (Wildman–Crippen LogP) is 1.53. The van der Waals surface area contributed by atoms with Gasteiger partial charge in [-0.05, 0) is 18.2 Å².